The van der Waals surface area contributed by atoms with Crippen LogP contribution in [0.1, 0.15) is 48.9 Å². The second-order valence-electron chi connectivity index (χ2n) is 7.13. The van der Waals surface area contributed by atoms with Gasteiger partial charge in [-0.25, -0.2) is 0 Å². The summed E-state index contributed by atoms with van der Waals surface area (Å²) in [6, 6.07) is 6.18. The Morgan fingerprint density at radius 2 is 1.72 bits per heavy atom. The van der Waals surface area contributed by atoms with Gasteiger partial charge in [0.2, 0.25) is 0 Å². The molecule has 1 aliphatic carbocycles. The maximum Gasteiger partial charge on any atom is 0.416 e. The Morgan fingerprint density at radius 3 is 2.41 bits per heavy atom. The molecule has 2 aromatic heterocycles. The number of anilines is 2. The molecule has 0 saturated carbocycles. The molecule has 0 atom stereocenters. The zero-order valence-electron chi connectivity index (χ0n) is 16.2. The van der Waals surface area contributed by atoms with Gasteiger partial charge in [0.25, 0.3) is 11.8 Å². The molecule has 2 amide bonds. The van der Waals surface area contributed by atoms with E-state index >= 15 is 0 Å². The van der Waals surface area contributed by atoms with Crippen molar-refractivity contribution in [3.8, 4) is 0 Å². The molecule has 4 nitrogen and oxygen atoms in total. The fourth-order valence-corrected chi connectivity index (χ4v) is 6.70. The molecule has 0 fully saturated rings. The predicted molar refractivity (Wildman–Crippen MR) is 128 cm³/mol. The summed E-state index contributed by atoms with van der Waals surface area (Å²) in [7, 11) is 0. The van der Waals surface area contributed by atoms with E-state index in [9.17, 15) is 22.8 Å². The molecule has 0 saturated heterocycles. The molecule has 3 aromatic rings. The monoisotopic (exact) mass is 606 g/mol. The second kappa shape index (κ2) is 9.28. The largest absolute Gasteiger partial charge is 0.416 e. The third-order valence-corrected chi connectivity index (χ3v) is 9.40. The van der Waals surface area contributed by atoms with Crippen molar-refractivity contribution in [3.63, 3.8) is 0 Å². The van der Waals surface area contributed by atoms with Crippen molar-refractivity contribution in [3.05, 3.63) is 65.0 Å². The summed E-state index contributed by atoms with van der Waals surface area (Å²) in [4.78, 5) is 27.4. The van der Waals surface area contributed by atoms with Crippen LogP contribution in [0.2, 0.25) is 0 Å². The molecule has 168 valence electrons. The lowest BCUT2D eigenvalue weighted by molar-refractivity contribution is -0.137. The van der Waals surface area contributed by atoms with Gasteiger partial charge in [-0.2, -0.15) is 13.2 Å². The maximum absolute atomic E-state index is 13.2. The van der Waals surface area contributed by atoms with Gasteiger partial charge in [-0.1, -0.05) is 6.07 Å². The van der Waals surface area contributed by atoms with E-state index < -0.39 is 17.6 Å². The van der Waals surface area contributed by atoms with Crippen molar-refractivity contribution >= 4 is 77.0 Å². The van der Waals surface area contributed by atoms with Crippen molar-refractivity contribution in [2.24, 2.45) is 0 Å². The van der Waals surface area contributed by atoms with Crippen LogP contribution < -0.4 is 10.6 Å². The van der Waals surface area contributed by atoms with E-state index in [0.717, 1.165) is 50.1 Å². The summed E-state index contributed by atoms with van der Waals surface area (Å²) >= 11 is 9.32. The highest BCUT2D eigenvalue weighted by atomic mass is 79.9. The van der Waals surface area contributed by atoms with Crippen molar-refractivity contribution in [2.75, 3.05) is 10.6 Å². The molecular formula is C21H15Br2F3N2O2S2. The molecule has 32 heavy (non-hydrogen) atoms. The fraction of sp³-hybridized carbons (Fsp3) is 0.238. The van der Waals surface area contributed by atoms with Gasteiger partial charge in [-0.15, -0.1) is 22.7 Å². The molecule has 4 rings (SSSR count). The van der Waals surface area contributed by atoms with Gasteiger partial charge < -0.3 is 10.6 Å². The molecule has 0 aliphatic heterocycles. The quantitative estimate of drug-likeness (QED) is 0.319. The Kier molecular flexibility index (Phi) is 6.81. The minimum atomic E-state index is -4.51. The molecule has 11 heteroatoms. The summed E-state index contributed by atoms with van der Waals surface area (Å²) in [6.45, 7) is 0. The van der Waals surface area contributed by atoms with Gasteiger partial charge in [0.15, 0.2) is 0 Å². The van der Waals surface area contributed by atoms with Crippen molar-refractivity contribution in [1.29, 1.82) is 0 Å². The zero-order chi connectivity index (χ0) is 23.0. The Morgan fingerprint density at radius 1 is 0.969 bits per heavy atom. The van der Waals surface area contributed by atoms with Gasteiger partial charge in [0.1, 0.15) is 5.00 Å². The van der Waals surface area contributed by atoms with E-state index in [-0.39, 0.29) is 11.6 Å². The van der Waals surface area contributed by atoms with Crippen molar-refractivity contribution in [2.45, 2.75) is 31.9 Å². The predicted octanol–water partition coefficient (Wildman–Crippen LogP) is 7.74. The van der Waals surface area contributed by atoms with Crippen LogP contribution in [0.25, 0.3) is 0 Å². The number of hydrogen-bond donors (Lipinski definition) is 2. The number of carbonyl (C=O) groups excluding carboxylic acids is 2. The van der Waals surface area contributed by atoms with Gasteiger partial charge in [0.05, 0.1) is 19.8 Å². The van der Waals surface area contributed by atoms with Crippen LogP contribution in [-0.2, 0) is 19.0 Å². The maximum atomic E-state index is 13.2. The topological polar surface area (TPSA) is 58.2 Å². The molecule has 1 aromatic carbocycles. The van der Waals surface area contributed by atoms with Crippen LogP contribution in [0.5, 0.6) is 0 Å². The molecule has 0 unspecified atom stereocenters. The lowest BCUT2D eigenvalue weighted by atomic mass is 9.95. The van der Waals surface area contributed by atoms with E-state index in [1.807, 2.05) is 0 Å². The highest BCUT2D eigenvalue weighted by Gasteiger charge is 2.31. The summed E-state index contributed by atoms with van der Waals surface area (Å²) in [5.41, 5.74) is 0.383. The lowest BCUT2D eigenvalue weighted by Crippen LogP contribution is -2.18. The Labute approximate surface area is 206 Å². The normalized spacial score (nSPS) is 13.5. The zero-order valence-corrected chi connectivity index (χ0v) is 21.0. The Hall–Kier alpha value is -1.69. The number of amides is 2. The third kappa shape index (κ3) is 4.95. The van der Waals surface area contributed by atoms with E-state index in [4.69, 9.17) is 0 Å². The first kappa shape index (κ1) is 23.5. The van der Waals surface area contributed by atoms with E-state index in [1.54, 1.807) is 6.07 Å². The van der Waals surface area contributed by atoms with Crippen LogP contribution >= 0.6 is 54.5 Å². The van der Waals surface area contributed by atoms with E-state index in [1.165, 1.54) is 34.8 Å². The molecule has 0 radical (unpaired) electrons. The average molecular weight is 608 g/mol. The highest BCUT2D eigenvalue weighted by Crippen LogP contribution is 2.40. The number of thiophene rings is 2. The van der Waals surface area contributed by atoms with Gasteiger partial charge in [-0.05, 0) is 87.4 Å². The van der Waals surface area contributed by atoms with Crippen LogP contribution in [0, 0.1) is 0 Å². The minimum Gasteiger partial charge on any atom is -0.322 e. The minimum absolute atomic E-state index is 0.0454. The van der Waals surface area contributed by atoms with E-state index in [0.29, 0.717) is 21.9 Å². The number of carbonyl (C=O) groups is 2. The van der Waals surface area contributed by atoms with Crippen LogP contribution in [0.3, 0.4) is 0 Å². The second-order valence-corrected chi connectivity index (χ2v) is 11.5. The first-order chi connectivity index (χ1) is 15.1. The van der Waals surface area contributed by atoms with Gasteiger partial charge >= 0.3 is 6.18 Å². The fourth-order valence-electron chi connectivity index (χ4n) is 3.48. The van der Waals surface area contributed by atoms with Crippen LogP contribution in [0.15, 0.2) is 38.6 Å². The first-order valence-corrected chi connectivity index (χ1v) is 12.7. The molecule has 0 spiro atoms. The summed E-state index contributed by atoms with van der Waals surface area (Å²) < 4.78 is 40.6. The van der Waals surface area contributed by atoms with E-state index in [2.05, 4.69) is 42.5 Å². The van der Waals surface area contributed by atoms with Crippen LogP contribution in [-0.4, -0.2) is 11.8 Å². The molecular weight excluding hydrogens is 593 g/mol. The number of hydrogen-bond acceptors (Lipinski definition) is 4. The number of fused-ring (bicyclic) bond motifs is 1. The SMILES string of the molecule is O=C(Nc1sc2c(c1C(=O)Nc1cccc(C(F)(F)F)c1)CCCC2)c1cc(Br)c(Br)s1. The molecule has 2 N–H and O–H groups in total. The molecule has 1 aliphatic rings. The summed E-state index contributed by atoms with van der Waals surface area (Å²) in [5.74, 6) is -0.888. The standard InChI is InChI=1S/C21H15Br2F3N2O2S2/c22-13-9-15(31-17(13)23)18(29)28-20-16(12-6-1-2-7-14(12)32-20)19(30)27-11-5-3-4-10(8-11)21(24,25)26/h3-5,8-9H,1-2,6-7H2,(H,27,30)(H,28,29). The number of aryl methyl sites for hydroxylation is 1. The number of rotatable bonds is 4. The smallest absolute Gasteiger partial charge is 0.322 e. The average Bonchev–Trinajstić information content (AvgIpc) is 3.27. The summed E-state index contributed by atoms with van der Waals surface area (Å²) in [5, 5.41) is 5.82. The first-order valence-electron chi connectivity index (χ1n) is 9.53. The lowest BCUT2D eigenvalue weighted by Gasteiger charge is -2.14. The van der Waals surface area contributed by atoms with Crippen LogP contribution in [0.4, 0.5) is 23.9 Å². The molecule has 2 heterocycles. The van der Waals surface area contributed by atoms with Gasteiger partial charge in [0, 0.05) is 15.0 Å². The Bertz CT molecular complexity index is 1180. The van der Waals surface area contributed by atoms with Crippen molar-refractivity contribution in [1.82, 2.24) is 0 Å². The number of benzene rings is 1. The third-order valence-electron chi connectivity index (χ3n) is 4.94. The van der Waals surface area contributed by atoms with Crippen molar-refractivity contribution < 1.29 is 22.8 Å². The number of nitrogens with one attached hydrogen (secondary N) is 2. The van der Waals surface area contributed by atoms with Gasteiger partial charge in [-0.3, -0.25) is 9.59 Å². The summed E-state index contributed by atoms with van der Waals surface area (Å²) in [6.07, 6.45) is -1.13. The number of halogens is 5. The Balaban J connectivity index is 1.65. The number of alkyl halides is 3. The molecule has 0 bridgehead atoms. The highest BCUT2D eigenvalue weighted by molar-refractivity contribution is 9.13.